The Hall–Kier alpha value is -3.61. The fraction of sp³-hybridized carbons (Fsp3) is 0.455. The number of hydrogen-bond acceptors (Lipinski definition) is 5. The SMILES string of the molecule is N#CC1C(CCC2CC2)N(C(=O)O)CCC1n1cc(C(N)=O)c(Nc2ccc(F)cc2)n1. The van der Waals surface area contributed by atoms with Crippen LogP contribution in [0.15, 0.2) is 30.5 Å². The number of carbonyl (C=O) groups excluding carboxylic acids is 1. The van der Waals surface area contributed by atoms with Crippen molar-refractivity contribution in [2.75, 3.05) is 11.9 Å². The zero-order valence-electron chi connectivity index (χ0n) is 17.4. The lowest BCUT2D eigenvalue weighted by molar-refractivity contribution is 0.0616. The van der Waals surface area contributed by atoms with Gasteiger partial charge in [-0.15, -0.1) is 0 Å². The lowest BCUT2D eigenvalue weighted by Gasteiger charge is -2.41. The van der Waals surface area contributed by atoms with E-state index >= 15 is 0 Å². The second-order valence-corrected chi connectivity index (χ2v) is 8.44. The summed E-state index contributed by atoms with van der Waals surface area (Å²) < 4.78 is 14.8. The minimum atomic E-state index is -1.03. The summed E-state index contributed by atoms with van der Waals surface area (Å²) in [6.45, 7) is 0.278. The first-order valence-electron chi connectivity index (χ1n) is 10.7. The number of piperidine rings is 1. The molecule has 0 bridgehead atoms. The molecular weight excluding hydrogens is 415 g/mol. The van der Waals surface area contributed by atoms with Gasteiger partial charge in [-0.25, -0.2) is 9.18 Å². The summed E-state index contributed by atoms with van der Waals surface area (Å²) in [6, 6.07) is 7.04. The maximum atomic E-state index is 13.2. The predicted molar refractivity (Wildman–Crippen MR) is 114 cm³/mol. The van der Waals surface area contributed by atoms with Crippen molar-refractivity contribution in [3.8, 4) is 6.07 Å². The van der Waals surface area contributed by atoms with Gasteiger partial charge in [-0.05, 0) is 49.4 Å². The van der Waals surface area contributed by atoms with E-state index in [9.17, 15) is 24.3 Å². The summed E-state index contributed by atoms with van der Waals surface area (Å²) >= 11 is 0. The molecule has 0 spiro atoms. The van der Waals surface area contributed by atoms with E-state index in [-0.39, 0.29) is 17.9 Å². The average Bonchev–Trinajstić information content (AvgIpc) is 3.50. The zero-order valence-corrected chi connectivity index (χ0v) is 17.4. The Morgan fingerprint density at radius 1 is 1.25 bits per heavy atom. The summed E-state index contributed by atoms with van der Waals surface area (Å²) in [6.07, 6.45) is 4.68. The van der Waals surface area contributed by atoms with Crippen LogP contribution in [0.4, 0.5) is 20.7 Å². The Bertz CT molecular complexity index is 1040. The lowest BCUT2D eigenvalue weighted by Crippen LogP contribution is -2.51. The molecule has 32 heavy (non-hydrogen) atoms. The van der Waals surface area contributed by atoms with Gasteiger partial charge in [0.15, 0.2) is 5.82 Å². The number of halogens is 1. The van der Waals surface area contributed by atoms with E-state index in [0.717, 1.165) is 19.3 Å². The van der Waals surface area contributed by atoms with Gasteiger partial charge in [0.25, 0.3) is 5.91 Å². The summed E-state index contributed by atoms with van der Waals surface area (Å²) in [7, 11) is 0. The number of likely N-dealkylation sites (tertiary alicyclic amines) is 1. The van der Waals surface area contributed by atoms with Crippen molar-refractivity contribution in [2.24, 2.45) is 17.6 Å². The Labute approximate surface area is 184 Å². The predicted octanol–water partition coefficient (Wildman–Crippen LogP) is 3.49. The quantitative estimate of drug-likeness (QED) is 0.603. The number of nitrogens with two attached hydrogens (primary N) is 1. The molecule has 4 N–H and O–H groups in total. The molecule has 2 aliphatic rings. The molecular formula is C22H25FN6O3. The van der Waals surface area contributed by atoms with Crippen LogP contribution in [0.3, 0.4) is 0 Å². The number of nitriles is 1. The van der Waals surface area contributed by atoms with Crippen LogP contribution in [0.2, 0.25) is 0 Å². The lowest BCUT2D eigenvalue weighted by atomic mass is 9.83. The largest absolute Gasteiger partial charge is 0.465 e. The van der Waals surface area contributed by atoms with Crippen LogP contribution in [-0.4, -0.2) is 44.4 Å². The number of hydrogen-bond donors (Lipinski definition) is 3. The van der Waals surface area contributed by atoms with Gasteiger partial charge in [0.1, 0.15) is 11.4 Å². The van der Waals surface area contributed by atoms with Crippen molar-refractivity contribution in [3.05, 3.63) is 41.8 Å². The molecule has 0 radical (unpaired) electrons. The molecule has 1 aliphatic heterocycles. The fourth-order valence-corrected chi connectivity index (χ4v) is 4.43. The first-order chi connectivity index (χ1) is 15.4. The summed E-state index contributed by atoms with van der Waals surface area (Å²) in [4.78, 5) is 25.2. The van der Waals surface area contributed by atoms with E-state index in [2.05, 4.69) is 16.5 Å². The van der Waals surface area contributed by atoms with Gasteiger partial charge in [0.2, 0.25) is 0 Å². The van der Waals surface area contributed by atoms with Crippen molar-refractivity contribution in [3.63, 3.8) is 0 Å². The zero-order chi connectivity index (χ0) is 22.8. The summed E-state index contributed by atoms with van der Waals surface area (Å²) in [5.74, 6) is -0.880. The van der Waals surface area contributed by atoms with Gasteiger partial charge in [-0.1, -0.05) is 12.8 Å². The van der Waals surface area contributed by atoms with E-state index in [1.165, 1.54) is 35.4 Å². The van der Waals surface area contributed by atoms with Gasteiger partial charge in [0, 0.05) is 18.4 Å². The molecule has 4 rings (SSSR count). The van der Waals surface area contributed by atoms with E-state index in [0.29, 0.717) is 24.4 Å². The van der Waals surface area contributed by atoms with E-state index in [1.54, 1.807) is 4.68 Å². The number of anilines is 2. The van der Waals surface area contributed by atoms with Crippen LogP contribution in [0, 0.1) is 29.0 Å². The number of rotatable bonds is 7. The first kappa shape index (κ1) is 21.6. The smallest absolute Gasteiger partial charge is 0.407 e. The number of aromatic nitrogens is 2. The minimum Gasteiger partial charge on any atom is -0.465 e. The third kappa shape index (κ3) is 4.51. The maximum absolute atomic E-state index is 13.2. The second kappa shape index (κ2) is 8.86. The Kier molecular flexibility index (Phi) is 5.99. The van der Waals surface area contributed by atoms with Crippen LogP contribution in [0.5, 0.6) is 0 Å². The number of nitrogens with zero attached hydrogens (tertiary/aromatic N) is 4. The van der Waals surface area contributed by atoms with E-state index in [1.807, 2.05) is 0 Å². The van der Waals surface area contributed by atoms with Crippen LogP contribution in [0.25, 0.3) is 0 Å². The number of carboxylic acid groups (broad SMARTS) is 1. The molecule has 2 amide bonds. The highest BCUT2D eigenvalue weighted by atomic mass is 19.1. The second-order valence-electron chi connectivity index (χ2n) is 8.44. The van der Waals surface area contributed by atoms with Crippen LogP contribution >= 0.6 is 0 Å². The molecule has 1 saturated heterocycles. The van der Waals surface area contributed by atoms with Gasteiger partial charge < -0.3 is 21.1 Å². The molecule has 2 heterocycles. The highest BCUT2D eigenvalue weighted by Gasteiger charge is 2.42. The number of benzene rings is 1. The van der Waals surface area contributed by atoms with Gasteiger partial charge in [-0.2, -0.15) is 10.4 Å². The molecule has 1 aliphatic carbocycles. The standard InChI is InChI=1S/C22H25FN6O3/c23-14-4-6-15(7-5-14)26-21-17(20(25)30)12-29(27-21)19-9-10-28(22(31)32)18(16(19)11-24)8-3-13-1-2-13/h4-7,12-13,16,18-19H,1-3,8-10H2,(H2,25,30)(H,26,27)(H,31,32). The first-order valence-corrected chi connectivity index (χ1v) is 10.7. The number of carbonyl (C=O) groups is 2. The van der Waals surface area contributed by atoms with Gasteiger partial charge >= 0.3 is 6.09 Å². The number of amides is 2. The molecule has 2 aromatic rings. The highest BCUT2D eigenvalue weighted by molar-refractivity contribution is 5.98. The number of nitrogens with one attached hydrogen (secondary N) is 1. The summed E-state index contributed by atoms with van der Waals surface area (Å²) in [5.41, 5.74) is 6.20. The molecule has 3 unspecified atom stereocenters. The van der Waals surface area contributed by atoms with E-state index in [4.69, 9.17) is 5.73 Å². The molecule has 2 fully saturated rings. The minimum absolute atomic E-state index is 0.140. The summed E-state index contributed by atoms with van der Waals surface area (Å²) in [5, 5.41) is 27.1. The Balaban J connectivity index is 1.62. The molecule has 1 aromatic carbocycles. The Morgan fingerprint density at radius 2 is 1.97 bits per heavy atom. The topological polar surface area (TPSA) is 137 Å². The van der Waals surface area contributed by atoms with Gasteiger partial charge in [-0.3, -0.25) is 9.48 Å². The monoisotopic (exact) mass is 440 g/mol. The van der Waals surface area contributed by atoms with Crippen LogP contribution in [0.1, 0.15) is 48.5 Å². The molecule has 1 saturated carbocycles. The van der Waals surface area contributed by atoms with Crippen molar-refractivity contribution < 1.29 is 19.1 Å². The third-order valence-corrected chi connectivity index (χ3v) is 6.30. The molecule has 10 heteroatoms. The molecule has 1 aromatic heterocycles. The van der Waals surface area contributed by atoms with Crippen LogP contribution < -0.4 is 11.1 Å². The Morgan fingerprint density at radius 3 is 2.56 bits per heavy atom. The molecule has 9 nitrogen and oxygen atoms in total. The van der Waals surface area contributed by atoms with Crippen molar-refractivity contribution >= 4 is 23.5 Å². The average molecular weight is 440 g/mol. The molecule has 3 atom stereocenters. The fourth-order valence-electron chi connectivity index (χ4n) is 4.43. The van der Waals surface area contributed by atoms with E-state index < -0.39 is 35.8 Å². The normalized spacial score (nSPS) is 22.9. The maximum Gasteiger partial charge on any atom is 0.407 e. The van der Waals surface area contributed by atoms with Gasteiger partial charge in [0.05, 0.1) is 24.1 Å². The van der Waals surface area contributed by atoms with Crippen molar-refractivity contribution in [2.45, 2.75) is 44.2 Å². The number of primary amides is 1. The highest BCUT2D eigenvalue weighted by Crippen LogP contribution is 2.40. The van der Waals surface area contributed by atoms with Crippen LogP contribution in [-0.2, 0) is 0 Å². The van der Waals surface area contributed by atoms with Crippen molar-refractivity contribution in [1.82, 2.24) is 14.7 Å². The third-order valence-electron chi connectivity index (χ3n) is 6.30. The molecule has 168 valence electrons. The van der Waals surface area contributed by atoms with Crippen molar-refractivity contribution in [1.29, 1.82) is 5.26 Å².